The first kappa shape index (κ1) is 16.4. The number of carbonyl (C=O) groups excluding carboxylic acids is 1. The average molecular weight is 371 g/mol. The molecule has 7 nitrogen and oxygen atoms in total. The maximum Gasteiger partial charge on any atom is 0.251 e. The van der Waals surface area contributed by atoms with Crippen molar-refractivity contribution in [3.8, 4) is 11.3 Å². The first-order chi connectivity index (χ1) is 13.8. The Morgan fingerprint density at radius 2 is 1.79 bits per heavy atom. The van der Waals surface area contributed by atoms with Crippen LogP contribution < -0.4 is 10.2 Å². The Kier molecular flexibility index (Phi) is 3.97. The van der Waals surface area contributed by atoms with E-state index >= 15 is 0 Å². The van der Waals surface area contributed by atoms with Gasteiger partial charge in [0, 0.05) is 48.2 Å². The molecule has 7 heteroatoms. The van der Waals surface area contributed by atoms with E-state index in [1.165, 1.54) is 0 Å². The van der Waals surface area contributed by atoms with Crippen molar-refractivity contribution < 1.29 is 9.21 Å². The fourth-order valence-corrected chi connectivity index (χ4v) is 3.36. The van der Waals surface area contributed by atoms with Gasteiger partial charge < -0.3 is 14.6 Å². The smallest absolute Gasteiger partial charge is 0.251 e. The largest absolute Gasteiger partial charge is 0.464 e. The van der Waals surface area contributed by atoms with Gasteiger partial charge in [-0.1, -0.05) is 12.1 Å². The maximum absolute atomic E-state index is 12.5. The molecule has 4 aromatic rings. The zero-order chi connectivity index (χ0) is 18.9. The maximum atomic E-state index is 12.5. The summed E-state index contributed by atoms with van der Waals surface area (Å²) in [5.41, 5.74) is 3.21. The van der Waals surface area contributed by atoms with Crippen molar-refractivity contribution in [2.24, 2.45) is 0 Å². The second kappa shape index (κ2) is 6.77. The van der Waals surface area contributed by atoms with Gasteiger partial charge in [-0.05, 0) is 30.3 Å². The lowest BCUT2D eigenvalue weighted by Crippen LogP contribution is -2.59. The van der Waals surface area contributed by atoms with Crippen LogP contribution in [0.15, 0.2) is 71.7 Å². The van der Waals surface area contributed by atoms with E-state index in [0.29, 0.717) is 24.6 Å². The molecule has 1 saturated heterocycles. The summed E-state index contributed by atoms with van der Waals surface area (Å²) >= 11 is 0. The van der Waals surface area contributed by atoms with E-state index in [0.717, 1.165) is 22.2 Å². The van der Waals surface area contributed by atoms with Gasteiger partial charge in [-0.3, -0.25) is 9.78 Å². The number of hydrogen-bond acceptors (Lipinski definition) is 6. The average Bonchev–Trinajstić information content (AvgIpc) is 3.20. The van der Waals surface area contributed by atoms with Gasteiger partial charge in [-0.25, -0.2) is 9.97 Å². The minimum atomic E-state index is -0.0836. The number of nitrogens with zero attached hydrogens (tertiary/aromatic N) is 4. The van der Waals surface area contributed by atoms with Gasteiger partial charge in [0.1, 0.15) is 5.58 Å². The summed E-state index contributed by atoms with van der Waals surface area (Å²) in [5, 5.41) is 4.01. The van der Waals surface area contributed by atoms with Crippen LogP contribution in [0.4, 0.5) is 5.95 Å². The van der Waals surface area contributed by atoms with Gasteiger partial charge in [0.25, 0.3) is 5.91 Å². The van der Waals surface area contributed by atoms with Gasteiger partial charge in [0.15, 0.2) is 0 Å². The van der Waals surface area contributed by atoms with Gasteiger partial charge in [-0.2, -0.15) is 0 Å². The number of pyridine rings is 1. The van der Waals surface area contributed by atoms with Crippen molar-refractivity contribution in [1.82, 2.24) is 20.3 Å². The van der Waals surface area contributed by atoms with Crippen molar-refractivity contribution in [3.05, 3.63) is 72.9 Å². The minimum absolute atomic E-state index is 0.0836. The van der Waals surface area contributed by atoms with Crippen molar-refractivity contribution in [2.45, 2.75) is 6.04 Å². The number of benzene rings is 1. The highest BCUT2D eigenvalue weighted by molar-refractivity contribution is 5.96. The van der Waals surface area contributed by atoms with E-state index in [1.54, 1.807) is 30.9 Å². The molecule has 1 N–H and O–H groups in total. The third kappa shape index (κ3) is 2.96. The van der Waals surface area contributed by atoms with Crippen LogP contribution in [0.3, 0.4) is 0 Å². The number of amides is 1. The van der Waals surface area contributed by atoms with Crippen molar-refractivity contribution in [1.29, 1.82) is 0 Å². The highest BCUT2D eigenvalue weighted by Crippen LogP contribution is 2.27. The van der Waals surface area contributed by atoms with Gasteiger partial charge >= 0.3 is 0 Å². The molecule has 0 bridgehead atoms. The summed E-state index contributed by atoms with van der Waals surface area (Å²) in [4.78, 5) is 27.4. The van der Waals surface area contributed by atoms with Crippen LogP contribution in [0.1, 0.15) is 10.4 Å². The second-order valence-corrected chi connectivity index (χ2v) is 6.69. The lowest BCUT2D eigenvalue weighted by Gasteiger charge is -2.39. The zero-order valence-electron chi connectivity index (χ0n) is 14.9. The predicted octanol–water partition coefficient (Wildman–Crippen LogP) is 2.90. The summed E-state index contributed by atoms with van der Waals surface area (Å²) in [5.74, 6) is 0.609. The normalized spacial score (nSPS) is 14.1. The Hall–Kier alpha value is -3.74. The van der Waals surface area contributed by atoms with Gasteiger partial charge in [0.2, 0.25) is 5.95 Å². The summed E-state index contributed by atoms with van der Waals surface area (Å²) in [6.07, 6.45) is 6.81. The van der Waals surface area contributed by atoms with Gasteiger partial charge in [-0.15, -0.1) is 0 Å². The Bertz CT molecular complexity index is 1120. The van der Waals surface area contributed by atoms with Crippen LogP contribution in [0.2, 0.25) is 0 Å². The third-order valence-electron chi connectivity index (χ3n) is 4.85. The van der Waals surface area contributed by atoms with Crippen LogP contribution >= 0.6 is 0 Å². The highest BCUT2D eigenvalue weighted by Gasteiger charge is 2.29. The fraction of sp³-hybridized carbons (Fsp3) is 0.143. The van der Waals surface area contributed by atoms with Crippen molar-refractivity contribution >= 4 is 22.8 Å². The molecular weight excluding hydrogens is 354 g/mol. The Balaban J connectivity index is 1.25. The van der Waals surface area contributed by atoms with Crippen LogP contribution in [-0.2, 0) is 0 Å². The molecule has 28 heavy (non-hydrogen) atoms. The number of hydrogen-bond donors (Lipinski definition) is 1. The number of nitrogens with one attached hydrogen (secondary N) is 1. The first-order valence-electron chi connectivity index (χ1n) is 9.03. The molecule has 0 spiro atoms. The molecule has 0 aliphatic carbocycles. The first-order valence-corrected chi connectivity index (χ1v) is 9.03. The molecule has 1 aliphatic rings. The molecule has 0 atom stereocenters. The molecule has 0 saturated carbocycles. The monoisotopic (exact) mass is 371 g/mol. The number of aromatic nitrogens is 3. The van der Waals surface area contributed by atoms with E-state index in [4.69, 9.17) is 4.42 Å². The molecule has 1 aliphatic heterocycles. The standard InChI is InChI=1S/C21H17N5O2/c27-20(25-16-12-26(13-16)21-23-8-1-9-24-21)15-4-2-14(3-5-15)19-17-7-11-28-18(17)6-10-22-19/h1-11,16H,12-13H2,(H,25,27). The summed E-state index contributed by atoms with van der Waals surface area (Å²) in [6.45, 7) is 1.42. The van der Waals surface area contributed by atoms with Crippen LogP contribution in [0, 0.1) is 0 Å². The third-order valence-corrected chi connectivity index (χ3v) is 4.85. The van der Waals surface area contributed by atoms with Crippen LogP contribution in [0.5, 0.6) is 0 Å². The topological polar surface area (TPSA) is 84.2 Å². The zero-order valence-corrected chi connectivity index (χ0v) is 14.9. The number of furan rings is 1. The lowest BCUT2D eigenvalue weighted by molar-refractivity contribution is 0.0930. The fourth-order valence-electron chi connectivity index (χ4n) is 3.36. The molecule has 0 radical (unpaired) electrons. The molecule has 138 valence electrons. The van der Waals surface area contributed by atoms with E-state index in [-0.39, 0.29) is 11.9 Å². The van der Waals surface area contributed by atoms with E-state index in [1.807, 2.05) is 41.3 Å². The quantitative estimate of drug-likeness (QED) is 0.594. The Morgan fingerprint density at radius 1 is 1.00 bits per heavy atom. The van der Waals surface area contributed by atoms with Crippen molar-refractivity contribution in [2.75, 3.05) is 18.0 Å². The molecule has 1 fully saturated rings. The number of anilines is 1. The molecule has 0 unspecified atom stereocenters. The second-order valence-electron chi connectivity index (χ2n) is 6.69. The van der Waals surface area contributed by atoms with Crippen LogP contribution in [-0.4, -0.2) is 40.0 Å². The molecule has 3 aromatic heterocycles. The SMILES string of the molecule is O=C(NC1CN(c2ncccn2)C1)c1ccc(-c2nccc3occc23)cc1. The van der Waals surface area contributed by atoms with Crippen LogP contribution in [0.25, 0.3) is 22.2 Å². The summed E-state index contributed by atoms with van der Waals surface area (Å²) < 4.78 is 5.43. The molecule has 5 rings (SSSR count). The number of carbonyl (C=O) groups is 1. The summed E-state index contributed by atoms with van der Waals surface area (Å²) in [7, 11) is 0. The molecule has 1 aromatic carbocycles. The Morgan fingerprint density at radius 3 is 2.57 bits per heavy atom. The van der Waals surface area contributed by atoms with E-state index < -0.39 is 0 Å². The lowest BCUT2D eigenvalue weighted by atomic mass is 10.0. The molecule has 1 amide bonds. The van der Waals surface area contributed by atoms with Crippen molar-refractivity contribution in [3.63, 3.8) is 0 Å². The number of rotatable bonds is 4. The number of fused-ring (bicyclic) bond motifs is 1. The minimum Gasteiger partial charge on any atom is -0.464 e. The van der Waals surface area contributed by atoms with E-state index in [2.05, 4.69) is 20.3 Å². The summed E-state index contributed by atoms with van der Waals surface area (Å²) in [6, 6.07) is 13.1. The highest BCUT2D eigenvalue weighted by atomic mass is 16.3. The molecular formula is C21H17N5O2. The Labute approximate surface area is 161 Å². The van der Waals surface area contributed by atoms with Gasteiger partial charge in [0.05, 0.1) is 18.0 Å². The van der Waals surface area contributed by atoms with E-state index in [9.17, 15) is 4.79 Å². The molecule has 4 heterocycles. The predicted molar refractivity (Wildman–Crippen MR) is 105 cm³/mol.